The van der Waals surface area contributed by atoms with E-state index in [0.717, 1.165) is 5.69 Å². The third kappa shape index (κ3) is 3.51. The van der Waals surface area contributed by atoms with Crippen molar-refractivity contribution in [3.63, 3.8) is 0 Å². The van der Waals surface area contributed by atoms with Crippen molar-refractivity contribution >= 4 is 24.0 Å². The zero-order chi connectivity index (χ0) is 11.4. The molecule has 0 saturated carbocycles. The van der Waals surface area contributed by atoms with Gasteiger partial charge in [0.15, 0.2) is 0 Å². The van der Waals surface area contributed by atoms with Crippen molar-refractivity contribution < 1.29 is 4.79 Å². The molecule has 4 heteroatoms. The normalized spacial score (nSPS) is 9.50. The predicted octanol–water partition coefficient (Wildman–Crippen LogP) is 2.04. The molecule has 2 N–H and O–H groups in total. The van der Waals surface area contributed by atoms with Gasteiger partial charge in [-0.25, -0.2) is 0 Å². The van der Waals surface area contributed by atoms with Crippen LogP contribution in [0.25, 0.3) is 0 Å². The van der Waals surface area contributed by atoms with Gasteiger partial charge in [0.1, 0.15) is 0 Å². The van der Waals surface area contributed by atoms with Crippen LogP contribution in [0.2, 0.25) is 0 Å². The van der Waals surface area contributed by atoms with Crippen LogP contribution >= 0.6 is 12.4 Å². The number of nitrogens with zero attached hydrogens (tertiary/aromatic N) is 1. The molecule has 0 aromatic heterocycles. The van der Waals surface area contributed by atoms with Crippen LogP contribution in [-0.4, -0.2) is 19.5 Å². The molecule has 0 unspecified atom stereocenters. The molecule has 0 bridgehead atoms. The highest BCUT2D eigenvalue weighted by molar-refractivity contribution is 5.93. The Balaban J connectivity index is 0.00000225. The number of nitrogens with two attached hydrogens (primary N) is 1. The molecule has 1 amide bonds. The number of carbonyl (C=O) groups is 1. The van der Waals surface area contributed by atoms with E-state index >= 15 is 0 Å². The molecule has 0 atom stereocenters. The number of benzene rings is 1. The number of aryl methyl sites for hydroxylation is 2. The zero-order valence-corrected chi connectivity index (χ0v) is 10.8. The monoisotopic (exact) mass is 242 g/mol. The highest BCUT2D eigenvalue weighted by Gasteiger charge is 2.09. The van der Waals surface area contributed by atoms with E-state index in [1.54, 1.807) is 11.9 Å². The number of anilines is 1. The Morgan fingerprint density at radius 3 is 2.44 bits per heavy atom. The molecule has 3 nitrogen and oxygen atoms in total. The summed E-state index contributed by atoms with van der Waals surface area (Å²) in [7, 11) is 1.78. The maximum absolute atomic E-state index is 11.6. The first-order valence-corrected chi connectivity index (χ1v) is 5.10. The third-order valence-corrected chi connectivity index (χ3v) is 2.61. The molecule has 0 spiro atoms. The maximum atomic E-state index is 11.6. The summed E-state index contributed by atoms with van der Waals surface area (Å²) in [5, 5.41) is 0. The van der Waals surface area contributed by atoms with E-state index in [-0.39, 0.29) is 18.3 Å². The highest BCUT2D eigenvalue weighted by atomic mass is 35.5. The molecular weight excluding hydrogens is 224 g/mol. The van der Waals surface area contributed by atoms with Gasteiger partial charge in [0.05, 0.1) is 0 Å². The van der Waals surface area contributed by atoms with E-state index in [1.165, 1.54) is 11.1 Å². The fraction of sp³-hybridized carbons (Fsp3) is 0.417. The van der Waals surface area contributed by atoms with Gasteiger partial charge < -0.3 is 10.6 Å². The highest BCUT2D eigenvalue weighted by Crippen LogP contribution is 2.17. The van der Waals surface area contributed by atoms with Gasteiger partial charge in [0.2, 0.25) is 5.91 Å². The minimum absolute atomic E-state index is 0. The Hall–Kier alpha value is -1.06. The number of rotatable bonds is 3. The molecule has 1 aromatic rings. The van der Waals surface area contributed by atoms with Crippen LogP contribution in [-0.2, 0) is 4.79 Å². The van der Waals surface area contributed by atoms with Crippen molar-refractivity contribution in [2.75, 3.05) is 18.5 Å². The zero-order valence-electron chi connectivity index (χ0n) is 9.99. The second-order valence-corrected chi connectivity index (χ2v) is 3.76. The standard InChI is InChI=1S/C12H18N2O.ClH/c1-9-4-5-11(8-10(9)2)14(3)12(15)6-7-13;/h4-5,8H,6-7,13H2,1-3H3;1H. The summed E-state index contributed by atoms with van der Waals surface area (Å²) in [6.45, 7) is 4.49. The van der Waals surface area contributed by atoms with Crippen LogP contribution in [0.5, 0.6) is 0 Å². The quantitative estimate of drug-likeness (QED) is 0.882. The van der Waals surface area contributed by atoms with Crippen LogP contribution in [0.3, 0.4) is 0 Å². The van der Waals surface area contributed by atoms with E-state index in [4.69, 9.17) is 5.73 Å². The molecule has 1 aromatic carbocycles. The molecule has 0 aliphatic heterocycles. The summed E-state index contributed by atoms with van der Waals surface area (Å²) in [5.74, 6) is 0.0563. The Morgan fingerprint density at radius 1 is 1.31 bits per heavy atom. The van der Waals surface area contributed by atoms with Crippen LogP contribution in [0.1, 0.15) is 17.5 Å². The molecule has 0 aliphatic rings. The van der Waals surface area contributed by atoms with Gasteiger partial charge in [-0.1, -0.05) is 6.07 Å². The van der Waals surface area contributed by atoms with Gasteiger partial charge in [0, 0.05) is 25.7 Å². The van der Waals surface area contributed by atoms with Crippen molar-refractivity contribution in [1.29, 1.82) is 0 Å². The lowest BCUT2D eigenvalue weighted by Crippen LogP contribution is -2.28. The van der Waals surface area contributed by atoms with Gasteiger partial charge in [-0.3, -0.25) is 4.79 Å². The molecule has 0 radical (unpaired) electrons. The fourth-order valence-electron chi connectivity index (χ4n) is 1.37. The second-order valence-electron chi connectivity index (χ2n) is 3.76. The number of amides is 1. The lowest BCUT2D eigenvalue weighted by atomic mass is 10.1. The number of hydrogen-bond donors (Lipinski definition) is 1. The van der Waals surface area contributed by atoms with Crippen molar-refractivity contribution in [1.82, 2.24) is 0 Å². The first-order chi connectivity index (χ1) is 7.06. The van der Waals surface area contributed by atoms with Gasteiger partial charge in [-0.15, -0.1) is 12.4 Å². The number of hydrogen-bond acceptors (Lipinski definition) is 2. The SMILES string of the molecule is Cc1ccc(N(C)C(=O)CCN)cc1C.Cl. The molecule has 1 rings (SSSR count). The van der Waals surface area contributed by atoms with E-state index in [0.29, 0.717) is 13.0 Å². The molecule has 0 heterocycles. The fourth-order valence-corrected chi connectivity index (χ4v) is 1.37. The molecule has 0 fully saturated rings. The third-order valence-electron chi connectivity index (χ3n) is 2.61. The lowest BCUT2D eigenvalue weighted by molar-refractivity contribution is -0.118. The number of carbonyl (C=O) groups excluding carboxylic acids is 1. The summed E-state index contributed by atoms with van der Waals surface area (Å²) in [6.07, 6.45) is 0.392. The summed E-state index contributed by atoms with van der Waals surface area (Å²) in [6, 6.07) is 6.00. The van der Waals surface area contributed by atoms with Gasteiger partial charge in [-0.05, 0) is 37.1 Å². The van der Waals surface area contributed by atoms with Crippen LogP contribution in [0, 0.1) is 13.8 Å². The summed E-state index contributed by atoms with van der Waals surface area (Å²) >= 11 is 0. The van der Waals surface area contributed by atoms with Crippen molar-refractivity contribution in [3.8, 4) is 0 Å². The molecule has 16 heavy (non-hydrogen) atoms. The van der Waals surface area contributed by atoms with Gasteiger partial charge in [0.25, 0.3) is 0 Å². The Labute approximate surface area is 103 Å². The Kier molecular flexibility index (Phi) is 6.08. The second kappa shape index (κ2) is 6.51. The summed E-state index contributed by atoms with van der Waals surface area (Å²) in [4.78, 5) is 13.2. The summed E-state index contributed by atoms with van der Waals surface area (Å²) in [5.41, 5.74) is 8.71. The van der Waals surface area contributed by atoms with E-state index < -0.39 is 0 Å². The van der Waals surface area contributed by atoms with E-state index in [1.807, 2.05) is 25.1 Å². The molecule has 0 saturated heterocycles. The predicted molar refractivity (Wildman–Crippen MR) is 70.2 cm³/mol. The van der Waals surface area contributed by atoms with E-state index in [9.17, 15) is 4.79 Å². The topological polar surface area (TPSA) is 46.3 Å². The van der Waals surface area contributed by atoms with Crippen molar-refractivity contribution in [2.24, 2.45) is 5.73 Å². The van der Waals surface area contributed by atoms with Gasteiger partial charge in [-0.2, -0.15) is 0 Å². The van der Waals surface area contributed by atoms with Crippen LogP contribution in [0.4, 0.5) is 5.69 Å². The van der Waals surface area contributed by atoms with E-state index in [2.05, 4.69) is 6.92 Å². The average molecular weight is 243 g/mol. The van der Waals surface area contributed by atoms with Gasteiger partial charge >= 0.3 is 0 Å². The Bertz CT molecular complexity index is 366. The lowest BCUT2D eigenvalue weighted by Gasteiger charge is -2.18. The summed E-state index contributed by atoms with van der Waals surface area (Å²) < 4.78 is 0. The Morgan fingerprint density at radius 2 is 1.94 bits per heavy atom. The molecule has 90 valence electrons. The smallest absolute Gasteiger partial charge is 0.227 e. The minimum atomic E-state index is 0. The largest absolute Gasteiger partial charge is 0.330 e. The van der Waals surface area contributed by atoms with Crippen LogP contribution < -0.4 is 10.6 Å². The number of halogens is 1. The first kappa shape index (κ1) is 14.9. The molecular formula is C12H19ClN2O. The minimum Gasteiger partial charge on any atom is -0.330 e. The first-order valence-electron chi connectivity index (χ1n) is 5.10. The maximum Gasteiger partial charge on any atom is 0.227 e. The average Bonchev–Trinajstić information content (AvgIpc) is 2.21. The van der Waals surface area contributed by atoms with Crippen molar-refractivity contribution in [3.05, 3.63) is 29.3 Å². The van der Waals surface area contributed by atoms with Crippen molar-refractivity contribution in [2.45, 2.75) is 20.3 Å². The van der Waals surface area contributed by atoms with Crippen LogP contribution in [0.15, 0.2) is 18.2 Å². The molecule has 0 aliphatic carbocycles.